The van der Waals surface area contributed by atoms with Gasteiger partial charge in [-0.1, -0.05) is 0 Å². The number of hydrogen-bond acceptors (Lipinski definition) is 4. The van der Waals surface area contributed by atoms with E-state index in [9.17, 15) is 9.59 Å². The number of hydrogen-bond donors (Lipinski definition) is 3. The van der Waals surface area contributed by atoms with E-state index in [1.54, 1.807) is 6.92 Å². The SMILES string of the molecule is Cc1cc(=O)n(CC(O)CO)c(=O)[nH]1. The summed E-state index contributed by atoms with van der Waals surface area (Å²) in [6.45, 7) is 0.903. The van der Waals surface area contributed by atoms with Gasteiger partial charge in [0.2, 0.25) is 0 Å². The van der Waals surface area contributed by atoms with E-state index >= 15 is 0 Å². The Balaban J connectivity index is 3.10. The normalized spacial score (nSPS) is 12.8. The van der Waals surface area contributed by atoms with Gasteiger partial charge in [-0.25, -0.2) is 4.79 Å². The van der Waals surface area contributed by atoms with Crippen molar-refractivity contribution in [1.82, 2.24) is 9.55 Å². The highest BCUT2D eigenvalue weighted by molar-refractivity contribution is 4.96. The van der Waals surface area contributed by atoms with Crippen LogP contribution in [0.2, 0.25) is 0 Å². The van der Waals surface area contributed by atoms with Crippen LogP contribution < -0.4 is 11.2 Å². The van der Waals surface area contributed by atoms with Crippen LogP contribution in [0.5, 0.6) is 0 Å². The molecule has 0 aliphatic rings. The second kappa shape index (κ2) is 4.21. The molecular formula is C8H12N2O4. The molecule has 1 unspecified atom stereocenters. The van der Waals surface area contributed by atoms with Crippen molar-refractivity contribution in [2.75, 3.05) is 6.61 Å². The Morgan fingerprint density at radius 3 is 2.71 bits per heavy atom. The van der Waals surface area contributed by atoms with Crippen LogP contribution in [0.1, 0.15) is 5.69 Å². The fraction of sp³-hybridized carbons (Fsp3) is 0.500. The number of nitrogens with one attached hydrogen (secondary N) is 1. The second-order valence-corrected chi connectivity index (χ2v) is 3.04. The monoisotopic (exact) mass is 200 g/mol. The summed E-state index contributed by atoms with van der Waals surface area (Å²) in [5, 5.41) is 17.6. The van der Waals surface area contributed by atoms with Gasteiger partial charge >= 0.3 is 5.69 Å². The maximum Gasteiger partial charge on any atom is 0.328 e. The molecule has 6 nitrogen and oxygen atoms in total. The van der Waals surface area contributed by atoms with E-state index in [-0.39, 0.29) is 6.54 Å². The van der Waals surface area contributed by atoms with Gasteiger partial charge in [0.05, 0.1) is 19.3 Å². The molecule has 1 aromatic rings. The van der Waals surface area contributed by atoms with Crippen LogP contribution in [-0.4, -0.2) is 32.5 Å². The summed E-state index contributed by atoms with van der Waals surface area (Å²) in [7, 11) is 0. The molecule has 1 aromatic heterocycles. The number of aliphatic hydroxyl groups is 2. The largest absolute Gasteiger partial charge is 0.394 e. The molecule has 14 heavy (non-hydrogen) atoms. The molecule has 78 valence electrons. The zero-order chi connectivity index (χ0) is 10.7. The van der Waals surface area contributed by atoms with Crippen LogP contribution in [0.3, 0.4) is 0 Å². The molecule has 0 saturated heterocycles. The van der Waals surface area contributed by atoms with Gasteiger partial charge in [0.1, 0.15) is 0 Å². The summed E-state index contributed by atoms with van der Waals surface area (Å²) in [4.78, 5) is 24.9. The van der Waals surface area contributed by atoms with E-state index in [0.717, 1.165) is 4.57 Å². The molecule has 0 spiro atoms. The predicted octanol–water partition coefficient (Wildman–Crippen LogP) is -1.80. The highest BCUT2D eigenvalue weighted by Crippen LogP contribution is 1.85. The quantitative estimate of drug-likeness (QED) is 0.536. The molecule has 0 aliphatic carbocycles. The Labute approximate surface area is 79.5 Å². The Morgan fingerprint density at radius 1 is 1.57 bits per heavy atom. The molecule has 0 fully saturated rings. The minimum absolute atomic E-state index is 0.203. The topological polar surface area (TPSA) is 95.3 Å². The summed E-state index contributed by atoms with van der Waals surface area (Å²) in [5.74, 6) is 0. The lowest BCUT2D eigenvalue weighted by atomic mass is 10.3. The number of aryl methyl sites for hydroxylation is 1. The predicted molar refractivity (Wildman–Crippen MR) is 49.2 cm³/mol. The summed E-state index contributed by atoms with van der Waals surface area (Å²) >= 11 is 0. The molecular weight excluding hydrogens is 188 g/mol. The Kier molecular flexibility index (Phi) is 3.21. The number of nitrogens with zero attached hydrogens (tertiary/aromatic N) is 1. The van der Waals surface area contributed by atoms with E-state index in [1.165, 1.54) is 6.07 Å². The van der Waals surface area contributed by atoms with E-state index in [4.69, 9.17) is 10.2 Å². The molecule has 0 bridgehead atoms. The fourth-order valence-electron chi connectivity index (χ4n) is 1.08. The van der Waals surface area contributed by atoms with Gasteiger partial charge in [-0.05, 0) is 6.92 Å². The van der Waals surface area contributed by atoms with Crippen molar-refractivity contribution in [1.29, 1.82) is 0 Å². The third-order valence-electron chi connectivity index (χ3n) is 1.76. The molecule has 1 heterocycles. The van der Waals surface area contributed by atoms with Gasteiger partial charge in [-0.15, -0.1) is 0 Å². The van der Waals surface area contributed by atoms with Crippen LogP contribution in [0.25, 0.3) is 0 Å². The van der Waals surface area contributed by atoms with E-state index in [2.05, 4.69) is 4.98 Å². The lowest BCUT2D eigenvalue weighted by molar-refractivity contribution is 0.0792. The third kappa shape index (κ3) is 2.30. The van der Waals surface area contributed by atoms with Crippen molar-refractivity contribution in [2.24, 2.45) is 0 Å². The van der Waals surface area contributed by atoms with Crippen LogP contribution in [0, 0.1) is 6.92 Å². The zero-order valence-corrected chi connectivity index (χ0v) is 7.73. The molecule has 1 rings (SSSR count). The summed E-state index contributed by atoms with van der Waals surface area (Å²) < 4.78 is 0.841. The Bertz CT molecular complexity index is 389. The molecule has 6 heteroatoms. The standard InChI is InChI=1S/C8H12N2O4/c1-5-2-7(13)10(8(14)9-5)3-6(12)4-11/h2,6,11-12H,3-4H2,1H3,(H,9,14). The fourth-order valence-corrected chi connectivity index (χ4v) is 1.08. The zero-order valence-electron chi connectivity index (χ0n) is 7.73. The van der Waals surface area contributed by atoms with E-state index < -0.39 is 24.0 Å². The van der Waals surface area contributed by atoms with E-state index in [0.29, 0.717) is 5.69 Å². The minimum Gasteiger partial charge on any atom is -0.394 e. The molecule has 0 saturated carbocycles. The number of rotatable bonds is 3. The summed E-state index contributed by atoms with van der Waals surface area (Å²) in [6.07, 6.45) is -1.10. The molecule has 0 aliphatic heterocycles. The molecule has 3 N–H and O–H groups in total. The maximum absolute atomic E-state index is 11.3. The molecule has 0 amide bonds. The van der Waals surface area contributed by atoms with Gasteiger partial charge < -0.3 is 15.2 Å². The van der Waals surface area contributed by atoms with Crippen LogP contribution >= 0.6 is 0 Å². The Morgan fingerprint density at radius 2 is 2.21 bits per heavy atom. The maximum atomic E-state index is 11.3. The smallest absolute Gasteiger partial charge is 0.328 e. The number of aliphatic hydroxyl groups excluding tert-OH is 2. The first-order valence-corrected chi connectivity index (χ1v) is 4.14. The lowest BCUT2D eigenvalue weighted by Gasteiger charge is -2.08. The van der Waals surface area contributed by atoms with E-state index in [1.807, 2.05) is 0 Å². The minimum atomic E-state index is -1.10. The van der Waals surface area contributed by atoms with Gasteiger partial charge in [-0.2, -0.15) is 0 Å². The van der Waals surface area contributed by atoms with Crippen molar-refractivity contribution in [3.05, 3.63) is 32.6 Å². The first-order valence-electron chi connectivity index (χ1n) is 4.14. The van der Waals surface area contributed by atoms with Crippen molar-refractivity contribution < 1.29 is 10.2 Å². The third-order valence-corrected chi connectivity index (χ3v) is 1.76. The number of aromatic amines is 1. The summed E-state index contributed by atoms with van der Waals surface area (Å²) in [6, 6.07) is 1.26. The van der Waals surface area contributed by atoms with Crippen LogP contribution in [0.15, 0.2) is 15.7 Å². The Hall–Kier alpha value is -1.40. The van der Waals surface area contributed by atoms with Gasteiger partial charge in [-0.3, -0.25) is 9.36 Å². The lowest BCUT2D eigenvalue weighted by Crippen LogP contribution is -2.39. The summed E-state index contributed by atoms with van der Waals surface area (Å²) in [5.41, 5.74) is -0.601. The van der Waals surface area contributed by atoms with Crippen LogP contribution in [-0.2, 0) is 6.54 Å². The highest BCUT2D eigenvalue weighted by Gasteiger charge is 2.07. The second-order valence-electron chi connectivity index (χ2n) is 3.04. The first kappa shape index (κ1) is 10.7. The molecule has 0 radical (unpaired) electrons. The molecule has 0 aromatic carbocycles. The number of aromatic nitrogens is 2. The van der Waals surface area contributed by atoms with Crippen molar-refractivity contribution >= 4 is 0 Å². The van der Waals surface area contributed by atoms with Crippen molar-refractivity contribution in [3.63, 3.8) is 0 Å². The van der Waals surface area contributed by atoms with Gasteiger partial charge in [0.15, 0.2) is 0 Å². The average molecular weight is 200 g/mol. The molecule has 1 atom stereocenters. The average Bonchev–Trinajstić information content (AvgIpc) is 2.10. The van der Waals surface area contributed by atoms with Gasteiger partial charge in [0.25, 0.3) is 5.56 Å². The van der Waals surface area contributed by atoms with Crippen LogP contribution in [0.4, 0.5) is 0 Å². The number of H-pyrrole nitrogens is 1. The van der Waals surface area contributed by atoms with Crippen molar-refractivity contribution in [3.8, 4) is 0 Å². The van der Waals surface area contributed by atoms with Gasteiger partial charge in [0, 0.05) is 11.8 Å². The van der Waals surface area contributed by atoms with Crippen molar-refractivity contribution in [2.45, 2.75) is 19.6 Å². The highest BCUT2D eigenvalue weighted by atomic mass is 16.3. The first-order chi connectivity index (χ1) is 6.54.